The van der Waals surface area contributed by atoms with Crippen molar-refractivity contribution in [3.8, 4) is 11.6 Å². The molecule has 3 aromatic rings. The number of para-hydroxylation sites is 1. The number of fused-ring (bicyclic) bond motifs is 1. The molecule has 0 spiro atoms. The van der Waals surface area contributed by atoms with Crippen molar-refractivity contribution in [1.82, 2.24) is 15.2 Å². The average Bonchev–Trinajstić information content (AvgIpc) is 2.86. The van der Waals surface area contributed by atoms with Crippen LogP contribution in [0.2, 0.25) is 0 Å². The third-order valence-electron chi connectivity index (χ3n) is 2.28. The molecule has 0 atom stereocenters. The maximum absolute atomic E-state index is 5.83. The summed E-state index contributed by atoms with van der Waals surface area (Å²) in [5, 5.41) is 8.48. The summed E-state index contributed by atoms with van der Waals surface area (Å²) in [6.45, 7) is 0. The minimum Gasteiger partial charge on any atom is -0.422 e. The molecule has 0 saturated heterocycles. The standard InChI is InChI=1S/C10H8N4O/c11-7-3-1-2-6-4-8(13-9(6)7)10-14-12-5-15-10/h1-5,13H,11H2. The molecule has 0 bridgehead atoms. The summed E-state index contributed by atoms with van der Waals surface area (Å²) >= 11 is 0. The van der Waals surface area contributed by atoms with E-state index in [1.807, 2.05) is 24.3 Å². The Kier molecular flexibility index (Phi) is 1.53. The zero-order valence-corrected chi connectivity index (χ0v) is 7.77. The lowest BCUT2D eigenvalue weighted by Gasteiger charge is -1.93. The molecule has 0 radical (unpaired) electrons. The Hall–Kier alpha value is -2.30. The fourth-order valence-corrected chi connectivity index (χ4v) is 1.59. The smallest absolute Gasteiger partial charge is 0.263 e. The fourth-order valence-electron chi connectivity index (χ4n) is 1.59. The lowest BCUT2D eigenvalue weighted by Crippen LogP contribution is -1.85. The quantitative estimate of drug-likeness (QED) is 0.587. The SMILES string of the molecule is Nc1cccc2cc(-c3nnco3)[nH]c12. The molecule has 0 unspecified atom stereocenters. The summed E-state index contributed by atoms with van der Waals surface area (Å²) in [5.41, 5.74) is 8.20. The van der Waals surface area contributed by atoms with Gasteiger partial charge in [-0.3, -0.25) is 0 Å². The molecule has 3 N–H and O–H groups in total. The Labute approximate surface area is 84.9 Å². The second kappa shape index (κ2) is 2.84. The predicted octanol–water partition coefficient (Wildman–Crippen LogP) is 1.80. The van der Waals surface area contributed by atoms with E-state index < -0.39 is 0 Å². The van der Waals surface area contributed by atoms with Gasteiger partial charge in [0.25, 0.3) is 5.89 Å². The summed E-state index contributed by atoms with van der Waals surface area (Å²) in [5.74, 6) is 0.464. The van der Waals surface area contributed by atoms with Crippen LogP contribution in [0.25, 0.3) is 22.5 Å². The Morgan fingerprint density at radius 1 is 1.33 bits per heavy atom. The largest absolute Gasteiger partial charge is 0.422 e. The molecule has 5 heteroatoms. The van der Waals surface area contributed by atoms with Gasteiger partial charge < -0.3 is 15.1 Å². The van der Waals surface area contributed by atoms with Gasteiger partial charge in [0.1, 0.15) is 5.69 Å². The Balaban J connectivity index is 2.27. The molecular formula is C10H8N4O. The van der Waals surface area contributed by atoms with E-state index in [0.29, 0.717) is 11.6 Å². The first-order chi connectivity index (χ1) is 7.34. The van der Waals surface area contributed by atoms with Crippen LogP contribution in [0.5, 0.6) is 0 Å². The number of benzene rings is 1. The summed E-state index contributed by atoms with van der Waals surface area (Å²) in [6, 6.07) is 7.65. The first kappa shape index (κ1) is 8.05. The summed E-state index contributed by atoms with van der Waals surface area (Å²) in [7, 11) is 0. The molecule has 0 fully saturated rings. The first-order valence-corrected chi connectivity index (χ1v) is 4.48. The number of H-pyrrole nitrogens is 1. The second-order valence-electron chi connectivity index (χ2n) is 3.24. The summed E-state index contributed by atoms with van der Waals surface area (Å²) in [4.78, 5) is 3.14. The molecule has 0 aliphatic carbocycles. The van der Waals surface area contributed by atoms with Crippen LogP contribution in [0.1, 0.15) is 0 Å². The number of nitrogen functional groups attached to an aromatic ring is 1. The molecule has 0 saturated carbocycles. The van der Waals surface area contributed by atoms with Gasteiger partial charge in [-0.05, 0) is 12.1 Å². The van der Waals surface area contributed by atoms with Crippen molar-refractivity contribution in [2.24, 2.45) is 0 Å². The van der Waals surface area contributed by atoms with Gasteiger partial charge in [0.15, 0.2) is 0 Å². The maximum Gasteiger partial charge on any atom is 0.263 e. The van der Waals surface area contributed by atoms with Crippen LogP contribution in [-0.4, -0.2) is 15.2 Å². The Morgan fingerprint density at radius 2 is 2.27 bits per heavy atom. The molecule has 1 aromatic carbocycles. The van der Waals surface area contributed by atoms with Gasteiger partial charge in [-0.2, -0.15) is 0 Å². The highest BCUT2D eigenvalue weighted by Gasteiger charge is 2.08. The maximum atomic E-state index is 5.83. The van der Waals surface area contributed by atoms with Gasteiger partial charge in [-0.1, -0.05) is 12.1 Å². The molecule has 0 amide bonds. The van der Waals surface area contributed by atoms with Gasteiger partial charge in [0, 0.05) is 5.39 Å². The lowest BCUT2D eigenvalue weighted by molar-refractivity contribution is 0.567. The van der Waals surface area contributed by atoms with E-state index in [9.17, 15) is 0 Å². The fraction of sp³-hybridized carbons (Fsp3) is 0. The number of nitrogens with one attached hydrogen (secondary N) is 1. The van der Waals surface area contributed by atoms with Crippen LogP contribution >= 0.6 is 0 Å². The summed E-state index contributed by atoms with van der Waals surface area (Å²) in [6.07, 6.45) is 1.30. The summed E-state index contributed by atoms with van der Waals surface area (Å²) < 4.78 is 5.09. The predicted molar refractivity (Wildman–Crippen MR) is 56.0 cm³/mol. The van der Waals surface area contributed by atoms with Crippen LogP contribution in [0, 0.1) is 0 Å². The molecule has 15 heavy (non-hydrogen) atoms. The highest BCUT2D eigenvalue weighted by atomic mass is 16.4. The molecule has 0 aliphatic heterocycles. The monoisotopic (exact) mass is 200 g/mol. The Bertz CT molecular complexity index is 597. The first-order valence-electron chi connectivity index (χ1n) is 4.48. The van der Waals surface area contributed by atoms with Crippen LogP contribution in [0.15, 0.2) is 35.1 Å². The van der Waals surface area contributed by atoms with Gasteiger partial charge in [0.2, 0.25) is 6.39 Å². The van der Waals surface area contributed by atoms with Crippen molar-refractivity contribution in [1.29, 1.82) is 0 Å². The minimum absolute atomic E-state index is 0.464. The number of rotatable bonds is 1. The van der Waals surface area contributed by atoms with Crippen molar-refractivity contribution < 1.29 is 4.42 Å². The average molecular weight is 200 g/mol. The van der Waals surface area contributed by atoms with Crippen molar-refractivity contribution in [3.05, 3.63) is 30.7 Å². The highest BCUT2D eigenvalue weighted by molar-refractivity contribution is 5.93. The Morgan fingerprint density at radius 3 is 3.00 bits per heavy atom. The number of aromatic amines is 1. The van der Waals surface area contributed by atoms with Crippen LogP contribution in [0.3, 0.4) is 0 Å². The minimum atomic E-state index is 0.464. The molecule has 2 heterocycles. The molecule has 5 nitrogen and oxygen atoms in total. The third-order valence-corrected chi connectivity index (χ3v) is 2.28. The topological polar surface area (TPSA) is 80.7 Å². The van der Waals surface area contributed by atoms with E-state index in [2.05, 4.69) is 15.2 Å². The van der Waals surface area contributed by atoms with Crippen LogP contribution in [-0.2, 0) is 0 Å². The van der Waals surface area contributed by atoms with Gasteiger partial charge >= 0.3 is 0 Å². The zero-order valence-electron chi connectivity index (χ0n) is 7.77. The number of aromatic nitrogens is 3. The molecular weight excluding hydrogens is 192 g/mol. The number of hydrogen-bond donors (Lipinski definition) is 2. The van der Waals surface area contributed by atoms with E-state index in [0.717, 1.165) is 16.6 Å². The zero-order chi connectivity index (χ0) is 10.3. The van der Waals surface area contributed by atoms with Gasteiger partial charge in [-0.25, -0.2) is 0 Å². The second-order valence-corrected chi connectivity index (χ2v) is 3.24. The highest BCUT2D eigenvalue weighted by Crippen LogP contribution is 2.25. The van der Waals surface area contributed by atoms with Crippen molar-refractivity contribution in [2.45, 2.75) is 0 Å². The van der Waals surface area contributed by atoms with Crippen molar-refractivity contribution in [2.75, 3.05) is 5.73 Å². The van der Waals surface area contributed by atoms with E-state index in [1.54, 1.807) is 0 Å². The number of hydrogen-bond acceptors (Lipinski definition) is 4. The van der Waals surface area contributed by atoms with E-state index in [1.165, 1.54) is 6.39 Å². The molecule has 3 rings (SSSR count). The molecule has 2 aromatic heterocycles. The lowest BCUT2D eigenvalue weighted by atomic mass is 10.2. The molecule has 0 aliphatic rings. The molecule has 74 valence electrons. The van der Waals surface area contributed by atoms with Crippen LogP contribution < -0.4 is 5.73 Å². The number of anilines is 1. The van der Waals surface area contributed by atoms with E-state index in [4.69, 9.17) is 10.2 Å². The van der Waals surface area contributed by atoms with Crippen molar-refractivity contribution >= 4 is 16.6 Å². The number of nitrogens with two attached hydrogens (primary N) is 1. The van der Waals surface area contributed by atoms with Crippen LogP contribution in [0.4, 0.5) is 5.69 Å². The van der Waals surface area contributed by atoms with Gasteiger partial charge in [0.05, 0.1) is 11.2 Å². The van der Waals surface area contributed by atoms with Crippen molar-refractivity contribution in [3.63, 3.8) is 0 Å². The van der Waals surface area contributed by atoms with E-state index >= 15 is 0 Å². The van der Waals surface area contributed by atoms with E-state index in [-0.39, 0.29) is 0 Å². The van der Waals surface area contributed by atoms with Gasteiger partial charge in [-0.15, -0.1) is 10.2 Å². The number of nitrogens with zero attached hydrogens (tertiary/aromatic N) is 2. The third kappa shape index (κ3) is 1.17. The normalized spacial score (nSPS) is 10.9.